The van der Waals surface area contributed by atoms with Crippen molar-refractivity contribution in [3.63, 3.8) is 0 Å². The van der Waals surface area contributed by atoms with E-state index < -0.39 is 0 Å². The highest BCUT2D eigenvalue weighted by molar-refractivity contribution is 14.1. The summed E-state index contributed by atoms with van der Waals surface area (Å²) in [6, 6.07) is 10.2. The van der Waals surface area contributed by atoms with Gasteiger partial charge in [-0.2, -0.15) is 0 Å². The number of halogens is 2. The van der Waals surface area contributed by atoms with Gasteiger partial charge >= 0.3 is 0 Å². The van der Waals surface area contributed by atoms with Gasteiger partial charge in [-0.15, -0.1) is 0 Å². The summed E-state index contributed by atoms with van der Waals surface area (Å²) < 4.78 is 14.6. The Morgan fingerprint density at radius 2 is 1.75 bits per heavy atom. The first-order valence-corrected chi connectivity index (χ1v) is 5.77. The highest BCUT2D eigenvalue weighted by Gasteiger charge is 2.09. The molecule has 2 nitrogen and oxygen atoms in total. The quantitative estimate of drug-likeness (QED) is 0.624. The first-order valence-electron chi connectivity index (χ1n) is 4.69. The molecule has 2 aromatic rings. The van der Waals surface area contributed by atoms with Gasteiger partial charge in [-0.3, -0.25) is 0 Å². The van der Waals surface area contributed by atoms with Crippen LogP contribution in [0, 0.1) is 9.39 Å². The van der Waals surface area contributed by atoms with Gasteiger partial charge in [0.1, 0.15) is 5.82 Å². The second kappa shape index (κ2) is 4.29. The summed E-state index contributed by atoms with van der Waals surface area (Å²) in [6.07, 6.45) is 0. The number of anilines is 2. The molecule has 0 saturated heterocycles. The maximum Gasteiger partial charge on any atom is 0.132 e. The second-order valence-corrected chi connectivity index (χ2v) is 4.68. The average molecular weight is 328 g/mol. The first-order chi connectivity index (χ1) is 7.59. The zero-order chi connectivity index (χ0) is 11.7. The van der Waals surface area contributed by atoms with Gasteiger partial charge in [-0.05, 0) is 40.8 Å². The van der Waals surface area contributed by atoms with Crippen LogP contribution in [0.1, 0.15) is 0 Å². The fourth-order valence-electron chi connectivity index (χ4n) is 1.53. The number of hydrogen-bond donors (Lipinski definition) is 2. The average Bonchev–Trinajstić information content (AvgIpc) is 2.23. The summed E-state index contributed by atoms with van der Waals surface area (Å²) >= 11 is 2.06. The van der Waals surface area contributed by atoms with Crippen molar-refractivity contribution < 1.29 is 4.39 Å². The van der Waals surface area contributed by atoms with Crippen LogP contribution >= 0.6 is 22.6 Å². The molecular weight excluding hydrogens is 318 g/mol. The van der Waals surface area contributed by atoms with E-state index in [-0.39, 0.29) is 5.82 Å². The Morgan fingerprint density at radius 1 is 1.00 bits per heavy atom. The van der Waals surface area contributed by atoms with Crippen molar-refractivity contribution in [2.45, 2.75) is 0 Å². The molecule has 0 heterocycles. The molecule has 0 radical (unpaired) electrons. The van der Waals surface area contributed by atoms with E-state index in [0.29, 0.717) is 22.5 Å². The minimum Gasteiger partial charge on any atom is -0.397 e. The third kappa shape index (κ3) is 1.97. The van der Waals surface area contributed by atoms with E-state index >= 15 is 0 Å². The zero-order valence-corrected chi connectivity index (χ0v) is 10.5. The molecule has 0 aliphatic heterocycles. The van der Waals surface area contributed by atoms with Crippen molar-refractivity contribution in [2.24, 2.45) is 0 Å². The van der Waals surface area contributed by atoms with Crippen LogP contribution in [0.25, 0.3) is 11.1 Å². The summed E-state index contributed by atoms with van der Waals surface area (Å²) in [5.74, 6) is -0.288. The Balaban J connectivity index is 2.63. The normalized spacial score (nSPS) is 10.4. The molecule has 0 aliphatic rings. The summed E-state index contributed by atoms with van der Waals surface area (Å²) in [4.78, 5) is 0. The number of hydrogen-bond acceptors (Lipinski definition) is 2. The van der Waals surface area contributed by atoms with Crippen LogP contribution in [0.3, 0.4) is 0 Å². The van der Waals surface area contributed by atoms with Crippen molar-refractivity contribution in [1.82, 2.24) is 0 Å². The molecule has 0 atom stereocenters. The summed E-state index contributed by atoms with van der Waals surface area (Å²) in [5, 5.41) is 0. The minimum absolute atomic E-state index is 0.288. The van der Waals surface area contributed by atoms with Gasteiger partial charge in [0.2, 0.25) is 0 Å². The summed E-state index contributed by atoms with van der Waals surface area (Å²) in [5.41, 5.74) is 13.5. The minimum atomic E-state index is -0.288. The Morgan fingerprint density at radius 3 is 2.44 bits per heavy atom. The number of benzene rings is 2. The van der Waals surface area contributed by atoms with E-state index in [1.54, 1.807) is 24.3 Å². The van der Waals surface area contributed by atoms with E-state index in [4.69, 9.17) is 11.5 Å². The van der Waals surface area contributed by atoms with Gasteiger partial charge in [-0.25, -0.2) is 4.39 Å². The highest BCUT2D eigenvalue weighted by Crippen LogP contribution is 2.32. The van der Waals surface area contributed by atoms with E-state index in [2.05, 4.69) is 22.6 Å². The number of rotatable bonds is 1. The fourth-order valence-corrected chi connectivity index (χ4v) is 1.98. The molecule has 0 bridgehead atoms. The van der Waals surface area contributed by atoms with Crippen LogP contribution < -0.4 is 11.5 Å². The first kappa shape index (κ1) is 11.2. The monoisotopic (exact) mass is 328 g/mol. The molecule has 2 rings (SSSR count). The van der Waals surface area contributed by atoms with Crippen LogP contribution in [0.5, 0.6) is 0 Å². The fraction of sp³-hybridized carbons (Fsp3) is 0. The Kier molecular flexibility index (Phi) is 3.00. The molecule has 4 N–H and O–H groups in total. The van der Waals surface area contributed by atoms with Gasteiger partial charge < -0.3 is 11.5 Å². The van der Waals surface area contributed by atoms with Gasteiger partial charge in [0, 0.05) is 14.7 Å². The lowest BCUT2D eigenvalue weighted by molar-refractivity contribution is 0.630. The van der Waals surface area contributed by atoms with Gasteiger partial charge in [0.05, 0.1) is 11.4 Å². The zero-order valence-electron chi connectivity index (χ0n) is 8.37. The number of para-hydroxylation sites is 1. The van der Waals surface area contributed by atoms with Crippen LogP contribution in [0.2, 0.25) is 0 Å². The molecule has 2 aromatic carbocycles. The van der Waals surface area contributed by atoms with Gasteiger partial charge in [-0.1, -0.05) is 18.2 Å². The van der Waals surface area contributed by atoms with Gasteiger partial charge in [0.25, 0.3) is 0 Å². The molecule has 4 heteroatoms. The van der Waals surface area contributed by atoms with Crippen LogP contribution in [-0.2, 0) is 0 Å². The maximum absolute atomic E-state index is 13.7. The Labute approximate surface area is 107 Å². The molecular formula is C12H10FIN2. The van der Waals surface area contributed by atoms with E-state index in [1.165, 1.54) is 6.07 Å². The summed E-state index contributed by atoms with van der Waals surface area (Å²) in [7, 11) is 0. The maximum atomic E-state index is 13.7. The van der Waals surface area contributed by atoms with Crippen molar-refractivity contribution in [3.05, 3.63) is 45.8 Å². The molecule has 82 valence electrons. The molecule has 0 unspecified atom stereocenters. The lowest BCUT2D eigenvalue weighted by atomic mass is 10.0. The molecule has 0 fully saturated rings. The highest BCUT2D eigenvalue weighted by atomic mass is 127. The molecule has 0 saturated carbocycles. The van der Waals surface area contributed by atoms with E-state index in [9.17, 15) is 4.39 Å². The third-order valence-corrected chi connectivity index (χ3v) is 3.03. The molecule has 0 aromatic heterocycles. The predicted octanol–water partition coefficient (Wildman–Crippen LogP) is 3.26. The van der Waals surface area contributed by atoms with E-state index in [0.717, 1.165) is 3.57 Å². The lowest BCUT2D eigenvalue weighted by Gasteiger charge is -2.09. The Hall–Kier alpha value is -1.30. The number of nitrogen functional groups attached to an aromatic ring is 2. The van der Waals surface area contributed by atoms with Crippen molar-refractivity contribution >= 4 is 34.0 Å². The topological polar surface area (TPSA) is 52.0 Å². The predicted molar refractivity (Wildman–Crippen MR) is 73.4 cm³/mol. The largest absolute Gasteiger partial charge is 0.397 e. The van der Waals surface area contributed by atoms with Crippen molar-refractivity contribution in [3.8, 4) is 11.1 Å². The molecule has 0 spiro atoms. The molecule has 0 aliphatic carbocycles. The van der Waals surface area contributed by atoms with Crippen molar-refractivity contribution in [2.75, 3.05) is 11.5 Å². The SMILES string of the molecule is Nc1cccc(-c2ccc(I)cc2F)c1N. The van der Waals surface area contributed by atoms with Crippen LogP contribution in [0.4, 0.5) is 15.8 Å². The van der Waals surface area contributed by atoms with E-state index in [1.807, 2.05) is 6.07 Å². The van der Waals surface area contributed by atoms with Crippen LogP contribution in [0.15, 0.2) is 36.4 Å². The molecule has 0 amide bonds. The number of nitrogens with two attached hydrogens (primary N) is 2. The second-order valence-electron chi connectivity index (χ2n) is 3.43. The van der Waals surface area contributed by atoms with Gasteiger partial charge in [0.15, 0.2) is 0 Å². The smallest absolute Gasteiger partial charge is 0.132 e. The van der Waals surface area contributed by atoms with Crippen molar-refractivity contribution in [1.29, 1.82) is 0 Å². The molecule has 16 heavy (non-hydrogen) atoms. The summed E-state index contributed by atoms with van der Waals surface area (Å²) in [6.45, 7) is 0. The third-order valence-electron chi connectivity index (χ3n) is 2.36. The Bertz CT molecular complexity index is 541. The standard InChI is InChI=1S/C12H10FIN2/c13-10-6-7(14)4-5-8(10)9-2-1-3-11(15)12(9)16/h1-6H,15-16H2. The lowest BCUT2D eigenvalue weighted by Crippen LogP contribution is -1.98. The van der Waals surface area contributed by atoms with Crippen LogP contribution in [-0.4, -0.2) is 0 Å².